The second-order valence-electron chi connectivity index (χ2n) is 7.57. The van der Waals surface area contributed by atoms with E-state index in [2.05, 4.69) is 31.2 Å². The molecule has 5 heteroatoms. The van der Waals surface area contributed by atoms with Gasteiger partial charge in [-0.25, -0.2) is 0 Å². The molecule has 1 aliphatic carbocycles. The van der Waals surface area contributed by atoms with Gasteiger partial charge in [0, 0.05) is 12.4 Å². The number of halogens is 2. The number of esters is 1. The number of aryl methyl sites for hydroxylation is 1. The first-order chi connectivity index (χ1) is 12.3. The van der Waals surface area contributed by atoms with Crippen LogP contribution in [0.2, 0.25) is 0 Å². The third kappa shape index (κ3) is 4.33. The van der Waals surface area contributed by atoms with Crippen molar-refractivity contribution in [1.29, 1.82) is 0 Å². The summed E-state index contributed by atoms with van der Waals surface area (Å²) in [7, 11) is 0. The Balaban J connectivity index is 1.54. The molecule has 0 bridgehead atoms. The third-order valence-electron chi connectivity index (χ3n) is 5.17. The molecular formula is C21H23Cl2NO2. The molecule has 2 aromatic rings. The minimum absolute atomic E-state index is 0.0294. The molecule has 26 heavy (non-hydrogen) atoms. The molecule has 1 aromatic carbocycles. The molecule has 1 aliphatic rings. The average molecular weight is 392 g/mol. The monoisotopic (exact) mass is 391 g/mol. The summed E-state index contributed by atoms with van der Waals surface area (Å²) in [4.78, 5) is 12.4. The summed E-state index contributed by atoms with van der Waals surface area (Å²) in [6, 6.07) is 10.6. The first kappa shape index (κ1) is 19.1. The van der Waals surface area contributed by atoms with Crippen LogP contribution in [-0.2, 0) is 22.7 Å². The maximum absolute atomic E-state index is 12.4. The Morgan fingerprint density at radius 2 is 1.88 bits per heavy atom. The van der Waals surface area contributed by atoms with Gasteiger partial charge in [0.15, 0.2) is 6.73 Å². The summed E-state index contributed by atoms with van der Waals surface area (Å²) in [5, 5.41) is 0. The van der Waals surface area contributed by atoms with Crippen LogP contribution in [0.4, 0.5) is 0 Å². The summed E-state index contributed by atoms with van der Waals surface area (Å²) in [6.45, 7) is 6.33. The van der Waals surface area contributed by atoms with Gasteiger partial charge < -0.3 is 9.30 Å². The highest BCUT2D eigenvalue weighted by atomic mass is 35.5. The topological polar surface area (TPSA) is 31.2 Å². The predicted molar refractivity (Wildman–Crippen MR) is 105 cm³/mol. The van der Waals surface area contributed by atoms with Crippen molar-refractivity contribution in [2.24, 2.45) is 17.3 Å². The van der Waals surface area contributed by atoms with Gasteiger partial charge in [0.05, 0.1) is 5.92 Å². The maximum atomic E-state index is 12.4. The fourth-order valence-electron chi connectivity index (χ4n) is 3.42. The first-order valence-electron chi connectivity index (χ1n) is 8.67. The smallest absolute Gasteiger partial charge is 0.311 e. The molecule has 0 saturated heterocycles. The van der Waals surface area contributed by atoms with Gasteiger partial charge in [-0.3, -0.25) is 4.79 Å². The third-order valence-corrected chi connectivity index (χ3v) is 5.42. The number of carbonyl (C=O) groups excluding carboxylic acids is 1. The van der Waals surface area contributed by atoms with Gasteiger partial charge in [0.2, 0.25) is 0 Å². The van der Waals surface area contributed by atoms with Crippen LogP contribution in [0.5, 0.6) is 0 Å². The molecule has 1 fully saturated rings. The van der Waals surface area contributed by atoms with Gasteiger partial charge >= 0.3 is 5.97 Å². The SMILES string of the molecule is Cc1ccc(Cc2ccn(COC(=O)C3C(C=C(Cl)Cl)C3(C)C)c2)cc1. The highest BCUT2D eigenvalue weighted by Gasteiger charge is 2.61. The van der Waals surface area contributed by atoms with Gasteiger partial charge in [-0.05, 0) is 47.9 Å². The molecule has 0 radical (unpaired) electrons. The van der Waals surface area contributed by atoms with Crippen LogP contribution in [-0.4, -0.2) is 10.5 Å². The Hall–Kier alpha value is -1.71. The van der Waals surface area contributed by atoms with Crippen molar-refractivity contribution in [3.05, 3.63) is 70.0 Å². The number of rotatable bonds is 6. The van der Waals surface area contributed by atoms with E-state index in [9.17, 15) is 4.79 Å². The highest BCUT2D eigenvalue weighted by molar-refractivity contribution is 6.55. The molecule has 1 aromatic heterocycles. The highest BCUT2D eigenvalue weighted by Crippen LogP contribution is 2.60. The normalized spacial score (nSPS) is 20.5. The zero-order valence-electron chi connectivity index (χ0n) is 15.2. The Bertz CT molecular complexity index is 817. The molecule has 0 spiro atoms. The lowest BCUT2D eigenvalue weighted by Gasteiger charge is -2.06. The van der Waals surface area contributed by atoms with Crippen LogP contribution >= 0.6 is 23.2 Å². The summed E-state index contributed by atoms with van der Waals surface area (Å²) in [5.74, 6) is -0.376. The van der Waals surface area contributed by atoms with Crippen molar-refractivity contribution in [1.82, 2.24) is 4.57 Å². The number of ether oxygens (including phenoxy) is 1. The molecule has 2 unspecified atom stereocenters. The lowest BCUT2D eigenvalue weighted by Crippen LogP contribution is -2.13. The largest absolute Gasteiger partial charge is 0.444 e. The summed E-state index contributed by atoms with van der Waals surface area (Å²) >= 11 is 11.5. The fraction of sp³-hybridized carbons (Fsp3) is 0.381. The van der Waals surface area contributed by atoms with Crippen LogP contribution in [0.15, 0.2) is 53.3 Å². The van der Waals surface area contributed by atoms with Crippen molar-refractivity contribution < 1.29 is 9.53 Å². The van der Waals surface area contributed by atoms with E-state index in [-0.39, 0.29) is 34.4 Å². The van der Waals surface area contributed by atoms with Gasteiger partial charge in [-0.2, -0.15) is 0 Å². The van der Waals surface area contributed by atoms with Crippen molar-refractivity contribution in [3.63, 3.8) is 0 Å². The van der Waals surface area contributed by atoms with Crippen molar-refractivity contribution in [2.75, 3.05) is 0 Å². The number of hydrogen-bond donors (Lipinski definition) is 0. The lowest BCUT2D eigenvalue weighted by atomic mass is 10.1. The molecule has 1 saturated carbocycles. The summed E-state index contributed by atoms with van der Waals surface area (Å²) in [5.41, 5.74) is 3.54. The number of benzene rings is 1. The Kier molecular flexibility index (Phi) is 5.50. The van der Waals surface area contributed by atoms with Gasteiger partial charge in [0.1, 0.15) is 4.49 Å². The van der Waals surface area contributed by atoms with E-state index in [0.717, 1.165) is 6.42 Å². The van der Waals surface area contributed by atoms with E-state index < -0.39 is 0 Å². The standard InChI is InChI=1S/C21H23Cl2NO2/c1-14-4-6-15(7-5-14)10-16-8-9-24(12-16)13-26-20(25)19-17(11-18(22)23)21(19,2)3/h4-9,11-12,17,19H,10,13H2,1-3H3. The zero-order chi connectivity index (χ0) is 18.9. The molecule has 2 atom stereocenters. The van der Waals surface area contributed by atoms with E-state index in [4.69, 9.17) is 27.9 Å². The van der Waals surface area contributed by atoms with Crippen molar-refractivity contribution in [2.45, 2.75) is 33.9 Å². The molecule has 0 amide bonds. The fourth-order valence-corrected chi connectivity index (χ4v) is 3.69. The molecular weight excluding hydrogens is 369 g/mol. The van der Waals surface area contributed by atoms with Gasteiger partial charge in [-0.15, -0.1) is 0 Å². The maximum Gasteiger partial charge on any atom is 0.311 e. The predicted octanol–water partition coefficient (Wildman–Crippen LogP) is 5.48. The lowest BCUT2D eigenvalue weighted by molar-refractivity contribution is -0.150. The van der Waals surface area contributed by atoms with Crippen molar-refractivity contribution in [3.8, 4) is 0 Å². The molecule has 138 valence electrons. The molecule has 0 N–H and O–H groups in total. The zero-order valence-corrected chi connectivity index (χ0v) is 16.7. The number of aromatic nitrogens is 1. The minimum atomic E-state index is -0.209. The number of nitrogens with zero attached hydrogens (tertiary/aromatic N) is 1. The molecule has 1 heterocycles. The van der Waals surface area contributed by atoms with Gasteiger partial charge in [-0.1, -0.05) is 66.9 Å². The number of carbonyl (C=O) groups is 1. The second-order valence-corrected chi connectivity index (χ2v) is 8.58. The number of hydrogen-bond acceptors (Lipinski definition) is 2. The van der Waals surface area contributed by atoms with Crippen LogP contribution in [0.1, 0.15) is 30.5 Å². The van der Waals surface area contributed by atoms with E-state index in [1.54, 1.807) is 6.08 Å². The first-order valence-corrected chi connectivity index (χ1v) is 9.42. The van der Waals surface area contributed by atoms with E-state index in [1.807, 2.05) is 36.9 Å². The average Bonchev–Trinajstić information content (AvgIpc) is 2.92. The number of allylic oxidation sites excluding steroid dienone is 1. The Morgan fingerprint density at radius 3 is 2.54 bits per heavy atom. The summed E-state index contributed by atoms with van der Waals surface area (Å²) in [6.07, 6.45) is 6.53. The van der Waals surface area contributed by atoms with Crippen LogP contribution in [0.25, 0.3) is 0 Å². The van der Waals surface area contributed by atoms with Crippen LogP contribution in [0.3, 0.4) is 0 Å². The van der Waals surface area contributed by atoms with E-state index in [0.29, 0.717) is 0 Å². The van der Waals surface area contributed by atoms with Crippen molar-refractivity contribution >= 4 is 29.2 Å². The molecule has 3 rings (SSSR count). The van der Waals surface area contributed by atoms with E-state index >= 15 is 0 Å². The Morgan fingerprint density at radius 1 is 1.19 bits per heavy atom. The Labute approximate surface area is 164 Å². The quantitative estimate of drug-likeness (QED) is 0.610. The minimum Gasteiger partial charge on any atom is -0.444 e. The van der Waals surface area contributed by atoms with Gasteiger partial charge in [0.25, 0.3) is 0 Å². The molecule has 0 aliphatic heterocycles. The van der Waals surface area contributed by atoms with Crippen LogP contribution < -0.4 is 0 Å². The van der Waals surface area contributed by atoms with E-state index in [1.165, 1.54) is 16.7 Å². The second kappa shape index (κ2) is 7.50. The summed E-state index contributed by atoms with van der Waals surface area (Å²) < 4.78 is 7.57. The molecule has 3 nitrogen and oxygen atoms in total. The van der Waals surface area contributed by atoms with Crippen LogP contribution in [0, 0.1) is 24.2 Å².